The monoisotopic (exact) mass is 337 g/mol. The van der Waals surface area contributed by atoms with Crippen molar-refractivity contribution in [3.8, 4) is 0 Å². The van der Waals surface area contributed by atoms with Gasteiger partial charge >= 0.3 is 0 Å². The number of benzene rings is 1. The topological polar surface area (TPSA) is 56.0 Å². The highest BCUT2D eigenvalue weighted by molar-refractivity contribution is 6.07. The first-order valence-electron chi connectivity index (χ1n) is 8.99. The number of carbonyl (C=O) groups is 1. The van der Waals surface area contributed by atoms with Crippen LogP contribution in [0, 0.1) is 0 Å². The number of hydrogen-bond acceptors (Lipinski definition) is 3. The van der Waals surface area contributed by atoms with E-state index in [2.05, 4.69) is 27.6 Å². The highest BCUT2D eigenvalue weighted by Crippen LogP contribution is 2.26. The molecule has 6 heteroatoms. The minimum atomic E-state index is 0.121. The quantitative estimate of drug-likeness (QED) is 0.735. The molecule has 4 rings (SSSR count). The third kappa shape index (κ3) is 2.92. The summed E-state index contributed by atoms with van der Waals surface area (Å²) in [5.74, 6) is 0.121. The number of aromatic nitrogens is 4. The number of amides is 1. The predicted octanol–water partition coefficient (Wildman–Crippen LogP) is 3.12. The first-order chi connectivity index (χ1) is 12.3. The maximum absolute atomic E-state index is 13.2. The van der Waals surface area contributed by atoms with Crippen LogP contribution < -0.4 is 0 Å². The van der Waals surface area contributed by atoms with Gasteiger partial charge in [0.05, 0.1) is 11.6 Å². The standard InChI is InChI=1S/C19H23N5O/c1-2-9-22-12-17(16-7-3-4-8-18(16)22)19(25)23-10-5-6-15(11-23)24-14-20-13-21-24/h3-4,7-8,12-15H,2,5-6,9-11H2,1H3/t15-/m1/s1. The average Bonchev–Trinajstić information content (AvgIpc) is 3.30. The molecule has 0 saturated carbocycles. The number of carbonyl (C=O) groups excluding carboxylic acids is 1. The van der Waals surface area contributed by atoms with Gasteiger partial charge in [0.1, 0.15) is 12.7 Å². The highest BCUT2D eigenvalue weighted by atomic mass is 16.2. The fourth-order valence-electron chi connectivity index (χ4n) is 3.77. The fourth-order valence-corrected chi connectivity index (χ4v) is 3.77. The Hall–Kier alpha value is -2.63. The summed E-state index contributed by atoms with van der Waals surface area (Å²) in [6.45, 7) is 4.58. The van der Waals surface area contributed by atoms with Crippen LogP contribution in [0.25, 0.3) is 10.9 Å². The Kier molecular flexibility index (Phi) is 4.26. The minimum Gasteiger partial charge on any atom is -0.347 e. The molecule has 0 unspecified atom stereocenters. The molecule has 1 atom stereocenters. The van der Waals surface area contributed by atoms with Crippen molar-refractivity contribution >= 4 is 16.8 Å². The number of fused-ring (bicyclic) bond motifs is 1. The Morgan fingerprint density at radius 3 is 3.00 bits per heavy atom. The third-order valence-electron chi connectivity index (χ3n) is 4.98. The lowest BCUT2D eigenvalue weighted by molar-refractivity contribution is 0.0674. The number of rotatable bonds is 4. The van der Waals surface area contributed by atoms with Gasteiger partial charge in [-0.3, -0.25) is 4.79 Å². The number of aryl methyl sites for hydroxylation is 1. The predicted molar refractivity (Wildman–Crippen MR) is 96.4 cm³/mol. The zero-order chi connectivity index (χ0) is 17.2. The van der Waals surface area contributed by atoms with Crippen molar-refractivity contribution in [1.82, 2.24) is 24.2 Å². The highest BCUT2D eigenvalue weighted by Gasteiger charge is 2.27. The zero-order valence-corrected chi connectivity index (χ0v) is 14.5. The smallest absolute Gasteiger partial charge is 0.256 e. The molecule has 0 aliphatic carbocycles. The fraction of sp³-hybridized carbons (Fsp3) is 0.421. The van der Waals surface area contributed by atoms with Crippen LogP contribution in [-0.4, -0.2) is 43.2 Å². The van der Waals surface area contributed by atoms with E-state index in [4.69, 9.17) is 0 Å². The van der Waals surface area contributed by atoms with Crippen molar-refractivity contribution in [3.63, 3.8) is 0 Å². The maximum atomic E-state index is 13.2. The molecule has 6 nitrogen and oxygen atoms in total. The SMILES string of the molecule is CCCn1cc(C(=O)N2CCC[C@@H](n3cncn3)C2)c2ccccc21. The summed E-state index contributed by atoms with van der Waals surface area (Å²) in [6, 6.07) is 8.39. The van der Waals surface area contributed by atoms with Crippen LogP contribution in [0.15, 0.2) is 43.1 Å². The normalized spacial score (nSPS) is 18.0. The Labute approximate surface area is 147 Å². The molecular formula is C19H23N5O. The van der Waals surface area contributed by atoms with Crippen LogP contribution >= 0.6 is 0 Å². The first kappa shape index (κ1) is 15.9. The number of piperidine rings is 1. The van der Waals surface area contributed by atoms with E-state index in [1.54, 1.807) is 12.7 Å². The molecule has 3 heterocycles. The summed E-state index contributed by atoms with van der Waals surface area (Å²) in [5.41, 5.74) is 1.95. The lowest BCUT2D eigenvalue weighted by Gasteiger charge is -2.32. The van der Waals surface area contributed by atoms with E-state index in [1.165, 1.54) is 0 Å². The van der Waals surface area contributed by atoms with Gasteiger partial charge in [-0.1, -0.05) is 25.1 Å². The van der Waals surface area contributed by atoms with Crippen LogP contribution in [0.2, 0.25) is 0 Å². The van der Waals surface area contributed by atoms with Crippen LogP contribution in [0.5, 0.6) is 0 Å². The Balaban J connectivity index is 1.63. The molecule has 1 fully saturated rings. The lowest BCUT2D eigenvalue weighted by Crippen LogP contribution is -2.40. The van der Waals surface area contributed by atoms with E-state index in [9.17, 15) is 4.79 Å². The lowest BCUT2D eigenvalue weighted by atomic mass is 10.0. The number of para-hydroxylation sites is 1. The largest absolute Gasteiger partial charge is 0.347 e. The first-order valence-corrected chi connectivity index (χ1v) is 8.99. The second-order valence-electron chi connectivity index (χ2n) is 6.68. The molecule has 1 amide bonds. The van der Waals surface area contributed by atoms with Crippen molar-refractivity contribution in [2.75, 3.05) is 13.1 Å². The van der Waals surface area contributed by atoms with Gasteiger partial charge in [-0.15, -0.1) is 0 Å². The van der Waals surface area contributed by atoms with Crippen molar-refractivity contribution in [2.24, 2.45) is 0 Å². The Bertz CT molecular complexity index is 867. The van der Waals surface area contributed by atoms with Gasteiger partial charge in [-0.25, -0.2) is 9.67 Å². The van der Waals surface area contributed by atoms with Gasteiger partial charge in [-0.05, 0) is 25.3 Å². The van der Waals surface area contributed by atoms with Gasteiger partial charge < -0.3 is 9.47 Å². The van der Waals surface area contributed by atoms with Crippen molar-refractivity contribution in [3.05, 3.63) is 48.7 Å². The van der Waals surface area contributed by atoms with Crippen LogP contribution in [0.1, 0.15) is 42.6 Å². The van der Waals surface area contributed by atoms with Gasteiger partial charge in [0.2, 0.25) is 0 Å². The number of nitrogens with zero attached hydrogens (tertiary/aromatic N) is 5. The Morgan fingerprint density at radius 2 is 2.20 bits per heavy atom. The zero-order valence-electron chi connectivity index (χ0n) is 14.5. The molecule has 2 aromatic heterocycles. The minimum absolute atomic E-state index is 0.121. The van der Waals surface area contributed by atoms with E-state index < -0.39 is 0 Å². The number of likely N-dealkylation sites (tertiary alicyclic amines) is 1. The van der Waals surface area contributed by atoms with Crippen LogP contribution in [0.4, 0.5) is 0 Å². The molecule has 0 radical (unpaired) electrons. The van der Waals surface area contributed by atoms with Crippen molar-refractivity contribution in [1.29, 1.82) is 0 Å². The third-order valence-corrected chi connectivity index (χ3v) is 4.98. The molecule has 0 spiro atoms. The maximum Gasteiger partial charge on any atom is 0.256 e. The molecule has 1 aliphatic rings. The van der Waals surface area contributed by atoms with Gasteiger partial charge in [0, 0.05) is 36.7 Å². The molecule has 1 aliphatic heterocycles. The van der Waals surface area contributed by atoms with Crippen LogP contribution in [0.3, 0.4) is 0 Å². The van der Waals surface area contributed by atoms with Crippen molar-refractivity contribution < 1.29 is 4.79 Å². The summed E-state index contributed by atoms with van der Waals surface area (Å²) < 4.78 is 4.07. The molecule has 0 N–H and O–H groups in total. The summed E-state index contributed by atoms with van der Waals surface area (Å²) in [5, 5.41) is 5.29. The van der Waals surface area contributed by atoms with Gasteiger partial charge in [0.25, 0.3) is 5.91 Å². The molecule has 25 heavy (non-hydrogen) atoms. The molecule has 0 bridgehead atoms. The van der Waals surface area contributed by atoms with Gasteiger partial charge in [0.15, 0.2) is 0 Å². The Morgan fingerprint density at radius 1 is 1.32 bits per heavy atom. The van der Waals surface area contributed by atoms with E-state index in [0.717, 1.165) is 48.8 Å². The summed E-state index contributed by atoms with van der Waals surface area (Å²) in [6.07, 6.45) is 8.39. The number of hydrogen-bond donors (Lipinski definition) is 0. The second-order valence-corrected chi connectivity index (χ2v) is 6.68. The summed E-state index contributed by atoms with van der Waals surface area (Å²) in [7, 11) is 0. The average molecular weight is 337 g/mol. The van der Waals surface area contributed by atoms with Crippen LogP contribution in [-0.2, 0) is 6.54 Å². The molecule has 3 aromatic rings. The summed E-state index contributed by atoms with van der Waals surface area (Å²) >= 11 is 0. The molecule has 1 saturated heterocycles. The summed E-state index contributed by atoms with van der Waals surface area (Å²) in [4.78, 5) is 19.2. The van der Waals surface area contributed by atoms with Crippen molar-refractivity contribution in [2.45, 2.75) is 38.8 Å². The molecular weight excluding hydrogens is 314 g/mol. The van der Waals surface area contributed by atoms with E-state index in [0.29, 0.717) is 6.54 Å². The molecule has 1 aromatic carbocycles. The van der Waals surface area contributed by atoms with E-state index >= 15 is 0 Å². The van der Waals surface area contributed by atoms with E-state index in [-0.39, 0.29) is 11.9 Å². The molecule has 130 valence electrons. The second kappa shape index (κ2) is 6.70. The van der Waals surface area contributed by atoms with Gasteiger partial charge in [-0.2, -0.15) is 5.10 Å². The van der Waals surface area contributed by atoms with E-state index in [1.807, 2.05) is 34.0 Å².